The van der Waals surface area contributed by atoms with Crippen LogP contribution in [0.3, 0.4) is 0 Å². The molecule has 0 atom stereocenters. The third-order valence-corrected chi connectivity index (χ3v) is 12.6. The lowest BCUT2D eigenvalue weighted by Gasteiger charge is -2.19. The van der Waals surface area contributed by atoms with Gasteiger partial charge in [0.2, 0.25) is 0 Å². The van der Waals surface area contributed by atoms with E-state index in [4.69, 9.17) is 13.8 Å². The molecular weight excluding hydrogens is 743 g/mol. The monoisotopic (exact) mass is 781 g/mol. The zero-order chi connectivity index (χ0) is 40.4. The van der Waals surface area contributed by atoms with Crippen molar-refractivity contribution < 1.29 is 8.83 Å². The summed E-state index contributed by atoms with van der Waals surface area (Å²) in [7, 11) is 0. The number of aliphatic imine (C=N–C) groups is 1. The van der Waals surface area contributed by atoms with Crippen LogP contribution in [0.2, 0.25) is 0 Å². The second-order valence-electron chi connectivity index (χ2n) is 16.2. The minimum absolute atomic E-state index is 0.773. The largest absolute Gasteiger partial charge is 0.456 e. The van der Waals surface area contributed by atoms with Crippen molar-refractivity contribution >= 4 is 82.4 Å². The van der Waals surface area contributed by atoms with Crippen LogP contribution < -0.4 is 0 Å². The normalized spacial score (nSPS) is 13.7. The van der Waals surface area contributed by atoms with Crippen molar-refractivity contribution in [1.29, 1.82) is 0 Å². The fraction of sp³-hybridized carbons (Fsp3) is 0.0517. The first-order valence-corrected chi connectivity index (χ1v) is 21.1. The summed E-state index contributed by atoms with van der Waals surface area (Å²) < 4.78 is 13.2. The van der Waals surface area contributed by atoms with Gasteiger partial charge in [-0.1, -0.05) is 152 Å². The fourth-order valence-corrected chi connectivity index (χ4v) is 9.49. The van der Waals surface area contributed by atoms with E-state index in [1.807, 2.05) is 12.1 Å². The average molecular weight is 782 g/mol. The van der Waals surface area contributed by atoms with Crippen LogP contribution in [0.25, 0.3) is 98.9 Å². The Labute approximate surface area is 353 Å². The maximum absolute atomic E-state index is 6.74. The molecule has 0 spiro atoms. The highest BCUT2D eigenvalue weighted by atomic mass is 16.3. The predicted molar refractivity (Wildman–Crippen MR) is 256 cm³/mol. The molecule has 0 saturated carbocycles. The van der Waals surface area contributed by atoms with E-state index >= 15 is 0 Å². The maximum atomic E-state index is 6.74. The van der Waals surface area contributed by atoms with Gasteiger partial charge in [0.25, 0.3) is 0 Å². The molecule has 3 nitrogen and oxygen atoms in total. The zero-order valence-electron chi connectivity index (χ0n) is 33.7. The van der Waals surface area contributed by atoms with Crippen LogP contribution in [0.4, 0.5) is 0 Å². The van der Waals surface area contributed by atoms with Gasteiger partial charge in [0.1, 0.15) is 22.3 Å². The molecule has 1 aliphatic rings. The molecule has 1 aliphatic heterocycles. The topological polar surface area (TPSA) is 38.6 Å². The highest BCUT2D eigenvalue weighted by Crippen LogP contribution is 2.41. The van der Waals surface area contributed by atoms with Crippen molar-refractivity contribution in [2.45, 2.75) is 19.8 Å². The lowest BCUT2D eigenvalue weighted by molar-refractivity contribution is 0.668. The van der Waals surface area contributed by atoms with Gasteiger partial charge in [-0.05, 0) is 123 Å². The van der Waals surface area contributed by atoms with Crippen LogP contribution in [-0.4, -0.2) is 5.71 Å². The Balaban J connectivity index is 0.984. The number of para-hydroxylation sites is 1. The highest BCUT2D eigenvalue weighted by Gasteiger charge is 2.21. The summed E-state index contributed by atoms with van der Waals surface area (Å²) in [5.41, 5.74) is 15.9. The van der Waals surface area contributed by atoms with Gasteiger partial charge in [0, 0.05) is 38.4 Å². The van der Waals surface area contributed by atoms with Gasteiger partial charge in [0.05, 0.1) is 5.70 Å². The Morgan fingerprint density at radius 2 is 1.03 bits per heavy atom. The van der Waals surface area contributed by atoms with Crippen LogP contribution >= 0.6 is 0 Å². The standard InChI is InChI=1S/C58H39NO2/c1-36-45(40-13-3-2-4-14-40)19-11-20-52(59-58(36)44-28-30-48-47-17-9-10-21-53(47)60-55(48)34-44)50-35-56-57(49-18-8-7-16-46(49)50)51-33-43(29-31-54(51)61-56)39-24-22-38(23-25-39)42-27-26-37-12-5-6-15-41(37)32-42/h2-10,12-19,21-35H,11,20H2,1H3. The van der Waals surface area contributed by atoms with Gasteiger partial charge >= 0.3 is 0 Å². The molecule has 0 unspecified atom stereocenters. The van der Waals surface area contributed by atoms with Gasteiger partial charge in [-0.2, -0.15) is 0 Å². The van der Waals surface area contributed by atoms with Gasteiger partial charge in [-0.25, -0.2) is 0 Å². The Kier molecular flexibility index (Phi) is 8.21. The van der Waals surface area contributed by atoms with E-state index in [9.17, 15) is 0 Å². The van der Waals surface area contributed by atoms with Crippen LogP contribution in [0.15, 0.2) is 214 Å². The number of furan rings is 2. The van der Waals surface area contributed by atoms with Crippen LogP contribution in [0.1, 0.15) is 36.5 Å². The highest BCUT2D eigenvalue weighted by molar-refractivity contribution is 6.25. The Bertz CT molecular complexity index is 3630. The molecule has 11 aromatic rings. The molecule has 0 N–H and O–H groups in total. The average Bonchev–Trinajstić information content (AvgIpc) is 3.88. The molecular formula is C58H39NO2. The molecule has 0 aliphatic carbocycles. The van der Waals surface area contributed by atoms with Crippen molar-refractivity contribution in [1.82, 2.24) is 0 Å². The number of benzene rings is 9. The smallest absolute Gasteiger partial charge is 0.136 e. The Morgan fingerprint density at radius 3 is 1.87 bits per heavy atom. The molecule has 3 heteroatoms. The summed E-state index contributed by atoms with van der Waals surface area (Å²) in [6.07, 6.45) is 4.01. The van der Waals surface area contributed by atoms with Gasteiger partial charge in [-0.3, -0.25) is 4.99 Å². The summed E-state index contributed by atoms with van der Waals surface area (Å²) in [6.45, 7) is 2.21. The number of fused-ring (bicyclic) bond motifs is 9. The molecule has 2 aromatic heterocycles. The summed E-state index contributed by atoms with van der Waals surface area (Å²) in [4.78, 5) is 5.67. The lowest BCUT2D eigenvalue weighted by Crippen LogP contribution is -2.06. The molecule has 0 saturated heterocycles. The minimum atomic E-state index is 0.773. The summed E-state index contributed by atoms with van der Waals surface area (Å²) in [5.74, 6) is 0. The van der Waals surface area contributed by atoms with E-state index in [1.165, 1.54) is 44.0 Å². The van der Waals surface area contributed by atoms with Gasteiger partial charge < -0.3 is 8.83 Å². The molecule has 61 heavy (non-hydrogen) atoms. The molecule has 12 rings (SSSR count). The second-order valence-corrected chi connectivity index (χ2v) is 16.2. The first-order chi connectivity index (χ1) is 30.1. The second kappa shape index (κ2) is 14.2. The number of rotatable bonds is 5. The molecule has 0 radical (unpaired) electrons. The first kappa shape index (κ1) is 35.2. The molecule has 288 valence electrons. The van der Waals surface area contributed by atoms with Gasteiger partial charge in [-0.15, -0.1) is 0 Å². The maximum Gasteiger partial charge on any atom is 0.136 e. The summed E-state index contributed by atoms with van der Waals surface area (Å²) >= 11 is 0. The molecule has 9 aromatic carbocycles. The SMILES string of the molecule is CC1=C(c2ccc3c(c2)oc2ccccc23)N=C(c2cc3oc4ccc(-c5ccc(-c6ccc7ccccc7c6)cc5)cc4c3c3ccccc23)CCC=C1c1ccccc1. The third-order valence-electron chi connectivity index (χ3n) is 12.6. The number of hydrogen-bond acceptors (Lipinski definition) is 3. The predicted octanol–water partition coefficient (Wildman–Crippen LogP) is 16.2. The molecule has 0 amide bonds. The lowest BCUT2D eigenvalue weighted by atomic mass is 9.90. The first-order valence-electron chi connectivity index (χ1n) is 21.1. The summed E-state index contributed by atoms with van der Waals surface area (Å²) in [6, 6.07) is 67.1. The van der Waals surface area contributed by atoms with Crippen molar-refractivity contribution in [3.63, 3.8) is 0 Å². The quantitative estimate of drug-likeness (QED) is 0.174. The van der Waals surface area contributed by atoms with Crippen LogP contribution in [0.5, 0.6) is 0 Å². The molecule has 0 fully saturated rings. The number of hydrogen-bond donors (Lipinski definition) is 0. The molecule has 3 heterocycles. The molecule has 0 bridgehead atoms. The van der Waals surface area contributed by atoms with E-state index in [0.29, 0.717) is 0 Å². The van der Waals surface area contributed by atoms with Crippen molar-refractivity contribution in [3.05, 3.63) is 216 Å². The fourth-order valence-electron chi connectivity index (χ4n) is 9.49. The number of nitrogens with zero attached hydrogens (tertiary/aromatic N) is 1. The minimum Gasteiger partial charge on any atom is -0.456 e. The van der Waals surface area contributed by atoms with E-state index in [1.54, 1.807) is 0 Å². The number of allylic oxidation sites excluding steroid dienone is 3. The Hall–Kier alpha value is -7.75. The third kappa shape index (κ3) is 6.00. The van der Waals surface area contributed by atoms with E-state index in [2.05, 4.69) is 189 Å². The van der Waals surface area contributed by atoms with Crippen LogP contribution in [-0.2, 0) is 0 Å². The van der Waals surface area contributed by atoms with Crippen molar-refractivity contribution in [3.8, 4) is 22.3 Å². The van der Waals surface area contributed by atoms with E-state index in [0.717, 1.165) is 95.8 Å². The van der Waals surface area contributed by atoms with Crippen LogP contribution in [0, 0.1) is 0 Å². The van der Waals surface area contributed by atoms with Crippen molar-refractivity contribution in [2.75, 3.05) is 0 Å². The summed E-state index contributed by atoms with van der Waals surface area (Å²) in [5, 5.41) is 9.30. The zero-order valence-corrected chi connectivity index (χ0v) is 33.7. The Morgan fingerprint density at radius 1 is 0.410 bits per heavy atom. The van der Waals surface area contributed by atoms with Crippen molar-refractivity contribution in [2.24, 2.45) is 4.99 Å². The van der Waals surface area contributed by atoms with E-state index in [-0.39, 0.29) is 0 Å². The van der Waals surface area contributed by atoms with Gasteiger partial charge in [0.15, 0.2) is 0 Å². The van der Waals surface area contributed by atoms with E-state index < -0.39 is 0 Å².